The SMILES string of the molecule is COc1cc(CC(=O)c2c[nH]c3ccc(Br)cc23)c([N+](=O)[O-])cc1OC. The lowest BCUT2D eigenvalue weighted by molar-refractivity contribution is -0.385. The molecule has 0 radical (unpaired) electrons. The lowest BCUT2D eigenvalue weighted by Gasteiger charge is -2.10. The van der Waals surface area contributed by atoms with E-state index in [4.69, 9.17) is 9.47 Å². The van der Waals surface area contributed by atoms with Gasteiger partial charge in [0.05, 0.1) is 25.2 Å². The fraction of sp³-hybridized carbons (Fsp3) is 0.167. The zero-order valence-corrected chi connectivity index (χ0v) is 15.6. The first-order valence-electron chi connectivity index (χ1n) is 7.63. The number of rotatable bonds is 6. The average Bonchev–Trinajstić information content (AvgIpc) is 3.04. The number of nitro benzene ring substituents is 1. The minimum Gasteiger partial charge on any atom is -0.493 e. The molecule has 0 atom stereocenters. The third-order valence-corrected chi connectivity index (χ3v) is 4.57. The minimum atomic E-state index is -0.531. The predicted octanol–water partition coefficient (Wildman–Crippen LogP) is 4.28. The monoisotopic (exact) mass is 418 g/mol. The summed E-state index contributed by atoms with van der Waals surface area (Å²) in [5.41, 5.74) is 1.38. The Labute approximate surface area is 157 Å². The number of hydrogen-bond acceptors (Lipinski definition) is 5. The number of ketones is 1. The van der Waals surface area contributed by atoms with E-state index < -0.39 is 4.92 Å². The van der Waals surface area contributed by atoms with Gasteiger partial charge in [0.1, 0.15) is 0 Å². The predicted molar refractivity (Wildman–Crippen MR) is 100 cm³/mol. The van der Waals surface area contributed by atoms with Gasteiger partial charge in [-0.05, 0) is 24.3 Å². The second-order valence-electron chi connectivity index (χ2n) is 5.59. The number of H-pyrrole nitrogens is 1. The molecule has 0 bridgehead atoms. The summed E-state index contributed by atoms with van der Waals surface area (Å²) in [6, 6.07) is 8.30. The van der Waals surface area contributed by atoms with Crippen LogP contribution in [0.3, 0.4) is 0 Å². The van der Waals surface area contributed by atoms with Crippen LogP contribution in [0.2, 0.25) is 0 Å². The van der Waals surface area contributed by atoms with E-state index >= 15 is 0 Å². The van der Waals surface area contributed by atoms with Gasteiger partial charge in [-0.15, -0.1) is 0 Å². The van der Waals surface area contributed by atoms with E-state index in [-0.39, 0.29) is 29.2 Å². The van der Waals surface area contributed by atoms with Gasteiger partial charge in [-0.2, -0.15) is 0 Å². The summed E-state index contributed by atoms with van der Waals surface area (Å²) in [4.78, 5) is 26.7. The largest absolute Gasteiger partial charge is 0.493 e. The van der Waals surface area contributed by atoms with Crippen molar-refractivity contribution in [3.05, 3.63) is 62.2 Å². The summed E-state index contributed by atoms with van der Waals surface area (Å²) in [7, 11) is 2.84. The summed E-state index contributed by atoms with van der Waals surface area (Å²) < 4.78 is 11.1. The Balaban J connectivity index is 2.03. The molecule has 134 valence electrons. The number of methoxy groups -OCH3 is 2. The highest BCUT2D eigenvalue weighted by Crippen LogP contribution is 2.35. The van der Waals surface area contributed by atoms with E-state index in [0.29, 0.717) is 11.3 Å². The zero-order valence-electron chi connectivity index (χ0n) is 14.0. The molecule has 1 heterocycles. The fourth-order valence-electron chi connectivity index (χ4n) is 2.81. The van der Waals surface area contributed by atoms with Crippen LogP contribution >= 0.6 is 15.9 Å². The van der Waals surface area contributed by atoms with E-state index in [9.17, 15) is 14.9 Å². The highest BCUT2D eigenvalue weighted by atomic mass is 79.9. The van der Waals surface area contributed by atoms with E-state index in [1.807, 2.05) is 18.2 Å². The van der Waals surface area contributed by atoms with Crippen molar-refractivity contribution in [3.8, 4) is 11.5 Å². The summed E-state index contributed by atoms with van der Waals surface area (Å²) in [6.45, 7) is 0. The smallest absolute Gasteiger partial charge is 0.277 e. The number of carbonyl (C=O) groups excluding carboxylic acids is 1. The molecule has 0 saturated heterocycles. The van der Waals surface area contributed by atoms with Crippen LogP contribution in [-0.4, -0.2) is 29.9 Å². The molecule has 7 nitrogen and oxygen atoms in total. The van der Waals surface area contributed by atoms with Gasteiger partial charge < -0.3 is 14.5 Å². The maximum absolute atomic E-state index is 12.8. The van der Waals surface area contributed by atoms with Crippen LogP contribution in [0, 0.1) is 10.1 Å². The Morgan fingerprint density at radius 1 is 1.19 bits per heavy atom. The quantitative estimate of drug-likeness (QED) is 0.366. The molecule has 1 N–H and O–H groups in total. The van der Waals surface area contributed by atoms with Crippen LogP contribution in [-0.2, 0) is 6.42 Å². The molecule has 0 aliphatic heterocycles. The molecule has 0 spiro atoms. The lowest BCUT2D eigenvalue weighted by Crippen LogP contribution is -2.06. The van der Waals surface area contributed by atoms with Crippen molar-refractivity contribution in [2.45, 2.75) is 6.42 Å². The van der Waals surface area contributed by atoms with Gasteiger partial charge in [0.2, 0.25) is 0 Å². The number of fused-ring (bicyclic) bond motifs is 1. The van der Waals surface area contributed by atoms with Gasteiger partial charge in [0, 0.05) is 39.1 Å². The molecule has 0 saturated carbocycles. The number of Topliss-reactive ketones (excluding diaryl/α,β-unsaturated/α-hetero) is 1. The number of benzene rings is 2. The second kappa shape index (κ2) is 7.17. The number of ether oxygens (including phenoxy) is 2. The lowest BCUT2D eigenvalue weighted by atomic mass is 10.0. The van der Waals surface area contributed by atoms with Gasteiger partial charge >= 0.3 is 0 Å². The first-order chi connectivity index (χ1) is 12.4. The molecule has 3 rings (SSSR count). The maximum atomic E-state index is 12.8. The third-order valence-electron chi connectivity index (χ3n) is 4.08. The van der Waals surface area contributed by atoms with Crippen molar-refractivity contribution in [2.75, 3.05) is 14.2 Å². The molecule has 0 aliphatic carbocycles. The molecule has 3 aromatic rings. The van der Waals surface area contributed by atoms with Crippen LogP contribution < -0.4 is 9.47 Å². The molecule has 0 unspecified atom stereocenters. The molecule has 1 aromatic heterocycles. The number of halogens is 1. The van der Waals surface area contributed by atoms with Gasteiger partial charge in [-0.1, -0.05) is 15.9 Å². The van der Waals surface area contributed by atoms with Crippen molar-refractivity contribution in [1.82, 2.24) is 4.98 Å². The zero-order chi connectivity index (χ0) is 18.8. The Kier molecular flexibility index (Phi) is 4.94. The van der Waals surface area contributed by atoms with Gasteiger partial charge in [-0.3, -0.25) is 14.9 Å². The summed E-state index contributed by atoms with van der Waals surface area (Å²) in [6.07, 6.45) is 1.49. The highest BCUT2D eigenvalue weighted by molar-refractivity contribution is 9.10. The summed E-state index contributed by atoms with van der Waals surface area (Å²) in [5, 5.41) is 12.2. The second-order valence-corrected chi connectivity index (χ2v) is 6.50. The molecule has 0 fully saturated rings. The summed E-state index contributed by atoms with van der Waals surface area (Å²) >= 11 is 3.39. The first kappa shape index (κ1) is 17.9. The van der Waals surface area contributed by atoms with Crippen molar-refractivity contribution in [2.24, 2.45) is 0 Å². The first-order valence-corrected chi connectivity index (χ1v) is 8.43. The molecule has 26 heavy (non-hydrogen) atoms. The Morgan fingerprint density at radius 2 is 1.88 bits per heavy atom. The average molecular weight is 419 g/mol. The number of hydrogen-bond donors (Lipinski definition) is 1. The number of nitrogens with zero attached hydrogens (tertiary/aromatic N) is 1. The van der Waals surface area contributed by atoms with Crippen LogP contribution in [0.1, 0.15) is 15.9 Å². The Hall–Kier alpha value is -2.87. The Bertz CT molecular complexity index is 1010. The van der Waals surface area contributed by atoms with E-state index in [1.165, 1.54) is 26.4 Å². The van der Waals surface area contributed by atoms with Crippen LogP contribution in [0.25, 0.3) is 10.9 Å². The van der Waals surface area contributed by atoms with Crippen molar-refractivity contribution in [1.29, 1.82) is 0 Å². The number of aromatic nitrogens is 1. The molecular weight excluding hydrogens is 404 g/mol. The number of nitrogens with one attached hydrogen (secondary N) is 1. The Morgan fingerprint density at radius 3 is 2.54 bits per heavy atom. The fourth-order valence-corrected chi connectivity index (χ4v) is 3.17. The normalized spacial score (nSPS) is 10.7. The highest BCUT2D eigenvalue weighted by Gasteiger charge is 2.23. The molecule has 8 heteroatoms. The van der Waals surface area contributed by atoms with Crippen LogP contribution in [0.15, 0.2) is 41.0 Å². The van der Waals surface area contributed by atoms with E-state index in [1.54, 1.807) is 6.20 Å². The molecule has 0 aliphatic rings. The maximum Gasteiger partial charge on any atom is 0.277 e. The van der Waals surface area contributed by atoms with Gasteiger partial charge in [0.25, 0.3) is 5.69 Å². The van der Waals surface area contributed by atoms with E-state index in [2.05, 4.69) is 20.9 Å². The van der Waals surface area contributed by atoms with Gasteiger partial charge in [-0.25, -0.2) is 0 Å². The topological polar surface area (TPSA) is 94.5 Å². The molecule has 0 amide bonds. The molecule has 2 aromatic carbocycles. The molecular formula is C18H15BrN2O5. The van der Waals surface area contributed by atoms with Gasteiger partial charge in [0.15, 0.2) is 17.3 Å². The number of nitro groups is 1. The number of carbonyl (C=O) groups is 1. The van der Waals surface area contributed by atoms with E-state index in [0.717, 1.165) is 15.4 Å². The minimum absolute atomic E-state index is 0.129. The summed E-state index contributed by atoms with van der Waals surface area (Å²) in [5.74, 6) is 0.346. The number of aromatic amines is 1. The standard InChI is InChI=1S/C18H15BrN2O5/c1-25-17-6-10(15(21(23)24)8-18(17)26-2)5-16(22)13-9-20-14-4-3-11(19)7-12(13)14/h3-4,6-9,20H,5H2,1-2H3. The van der Waals surface area contributed by atoms with Crippen molar-refractivity contribution in [3.63, 3.8) is 0 Å². The van der Waals surface area contributed by atoms with Crippen molar-refractivity contribution < 1.29 is 19.2 Å². The van der Waals surface area contributed by atoms with Crippen molar-refractivity contribution >= 4 is 38.3 Å². The third kappa shape index (κ3) is 3.28. The van der Waals surface area contributed by atoms with Crippen LogP contribution in [0.5, 0.6) is 11.5 Å². The van der Waals surface area contributed by atoms with Crippen LogP contribution in [0.4, 0.5) is 5.69 Å².